The molecule has 2 N–H and O–H groups in total. The number of hydrogen-bond acceptors (Lipinski definition) is 2. The van der Waals surface area contributed by atoms with Crippen LogP contribution in [0.15, 0.2) is 36.4 Å². The Morgan fingerprint density at radius 1 is 1.00 bits per heavy atom. The van der Waals surface area contributed by atoms with Crippen LogP contribution in [0.3, 0.4) is 0 Å². The minimum Gasteiger partial charge on any atom is -0.473 e. The van der Waals surface area contributed by atoms with Gasteiger partial charge in [0.1, 0.15) is 5.75 Å². The highest BCUT2D eigenvalue weighted by Gasteiger charge is 2.04. The molecular formula is C18H22N2O2. The molecule has 0 heterocycles. The van der Waals surface area contributed by atoms with Crippen molar-refractivity contribution in [1.82, 2.24) is 5.32 Å². The van der Waals surface area contributed by atoms with Crippen molar-refractivity contribution in [3.8, 4) is 5.75 Å². The first-order valence-corrected chi connectivity index (χ1v) is 7.28. The smallest absolute Gasteiger partial charge is 0.321 e. The van der Waals surface area contributed by atoms with E-state index in [1.54, 1.807) is 0 Å². The fourth-order valence-electron chi connectivity index (χ4n) is 2.05. The standard InChI is InChI=1S/C18H22N2O2/c1-12-8-9-16(10-14(12)3)20-18(21)19-11-22-17-7-5-6-13(2)15(17)4/h5-10H,11H2,1-4H3,(H2,19,20,21). The zero-order valence-corrected chi connectivity index (χ0v) is 13.5. The van der Waals surface area contributed by atoms with Gasteiger partial charge >= 0.3 is 6.03 Å². The van der Waals surface area contributed by atoms with Crippen molar-refractivity contribution in [3.05, 3.63) is 58.7 Å². The molecule has 0 saturated carbocycles. The van der Waals surface area contributed by atoms with Crippen LogP contribution in [-0.2, 0) is 0 Å². The summed E-state index contributed by atoms with van der Waals surface area (Å²) in [5.74, 6) is 0.784. The van der Waals surface area contributed by atoms with Crippen LogP contribution < -0.4 is 15.4 Å². The minimum absolute atomic E-state index is 0.126. The van der Waals surface area contributed by atoms with Crippen molar-refractivity contribution in [2.75, 3.05) is 12.0 Å². The Morgan fingerprint density at radius 2 is 1.77 bits per heavy atom. The lowest BCUT2D eigenvalue weighted by atomic mass is 10.1. The van der Waals surface area contributed by atoms with Gasteiger partial charge in [-0.25, -0.2) is 4.79 Å². The number of ether oxygens (including phenoxy) is 1. The van der Waals surface area contributed by atoms with Gasteiger partial charge < -0.3 is 15.4 Å². The lowest BCUT2D eigenvalue weighted by molar-refractivity contribution is 0.234. The molecule has 0 radical (unpaired) electrons. The maximum atomic E-state index is 11.8. The molecule has 0 bridgehead atoms. The van der Waals surface area contributed by atoms with Crippen LogP contribution in [0.25, 0.3) is 0 Å². The number of hydrogen-bond donors (Lipinski definition) is 2. The van der Waals surface area contributed by atoms with Gasteiger partial charge in [-0.2, -0.15) is 0 Å². The number of amides is 2. The fourth-order valence-corrected chi connectivity index (χ4v) is 2.05. The van der Waals surface area contributed by atoms with E-state index in [0.717, 1.165) is 28.1 Å². The van der Waals surface area contributed by atoms with E-state index in [4.69, 9.17) is 4.74 Å². The molecule has 4 nitrogen and oxygen atoms in total. The van der Waals surface area contributed by atoms with Crippen molar-refractivity contribution in [3.63, 3.8) is 0 Å². The van der Waals surface area contributed by atoms with Crippen LogP contribution >= 0.6 is 0 Å². The van der Waals surface area contributed by atoms with Crippen LogP contribution in [0.2, 0.25) is 0 Å². The Bertz CT molecular complexity index is 681. The predicted octanol–water partition coefficient (Wildman–Crippen LogP) is 4.08. The second-order valence-corrected chi connectivity index (χ2v) is 5.42. The average Bonchev–Trinajstić information content (AvgIpc) is 2.47. The van der Waals surface area contributed by atoms with Gasteiger partial charge in [0.2, 0.25) is 0 Å². The van der Waals surface area contributed by atoms with Gasteiger partial charge in [0.25, 0.3) is 0 Å². The summed E-state index contributed by atoms with van der Waals surface area (Å²) in [5.41, 5.74) is 5.36. The molecule has 0 aliphatic carbocycles. The second-order valence-electron chi connectivity index (χ2n) is 5.42. The molecule has 0 aromatic heterocycles. The molecule has 0 atom stereocenters. The Balaban J connectivity index is 1.85. The number of rotatable bonds is 4. The molecule has 0 saturated heterocycles. The van der Waals surface area contributed by atoms with Crippen molar-refractivity contribution in [2.45, 2.75) is 27.7 Å². The van der Waals surface area contributed by atoms with Gasteiger partial charge in [-0.1, -0.05) is 18.2 Å². The molecule has 2 amide bonds. The number of aryl methyl sites for hydroxylation is 3. The monoisotopic (exact) mass is 298 g/mol. The van der Waals surface area contributed by atoms with Crippen molar-refractivity contribution >= 4 is 11.7 Å². The number of urea groups is 1. The minimum atomic E-state index is -0.284. The highest BCUT2D eigenvalue weighted by atomic mass is 16.5. The van der Waals surface area contributed by atoms with Crippen LogP contribution in [0.4, 0.5) is 10.5 Å². The molecule has 4 heteroatoms. The largest absolute Gasteiger partial charge is 0.473 e. The average molecular weight is 298 g/mol. The molecule has 2 rings (SSSR count). The quantitative estimate of drug-likeness (QED) is 0.836. The number of carbonyl (C=O) groups is 1. The first kappa shape index (κ1) is 15.9. The number of benzene rings is 2. The zero-order valence-electron chi connectivity index (χ0n) is 13.5. The number of nitrogens with one attached hydrogen (secondary N) is 2. The third-order valence-electron chi connectivity index (χ3n) is 3.78. The normalized spacial score (nSPS) is 10.2. The van der Waals surface area contributed by atoms with E-state index >= 15 is 0 Å². The van der Waals surface area contributed by atoms with E-state index in [-0.39, 0.29) is 12.8 Å². The lowest BCUT2D eigenvalue weighted by Crippen LogP contribution is -2.32. The van der Waals surface area contributed by atoms with Crippen LogP contribution in [0, 0.1) is 27.7 Å². The van der Waals surface area contributed by atoms with Crippen LogP contribution in [0.5, 0.6) is 5.75 Å². The molecule has 2 aromatic rings. The molecule has 0 aliphatic rings. The number of anilines is 1. The summed E-state index contributed by atoms with van der Waals surface area (Å²) in [4.78, 5) is 11.8. The van der Waals surface area contributed by atoms with Gasteiger partial charge in [0.05, 0.1) is 0 Å². The molecule has 116 valence electrons. The Labute approximate surface area is 131 Å². The van der Waals surface area contributed by atoms with Gasteiger partial charge in [-0.05, 0) is 68.1 Å². The van der Waals surface area contributed by atoms with Crippen molar-refractivity contribution in [1.29, 1.82) is 0 Å². The van der Waals surface area contributed by atoms with E-state index < -0.39 is 0 Å². The first-order valence-electron chi connectivity index (χ1n) is 7.28. The van der Waals surface area contributed by atoms with E-state index in [2.05, 4.69) is 10.6 Å². The van der Waals surface area contributed by atoms with Gasteiger partial charge in [0.15, 0.2) is 6.73 Å². The molecule has 0 fully saturated rings. The Hall–Kier alpha value is -2.49. The summed E-state index contributed by atoms with van der Waals surface area (Å²) in [6, 6.07) is 11.4. The van der Waals surface area contributed by atoms with Crippen molar-refractivity contribution < 1.29 is 9.53 Å². The summed E-state index contributed by atoms with van der Waals surface area (Å²) >= 11 is 0. The topological polar surface area (TPSA) is 50.4 Å². The van der Waals surface area contributed by atoms with E-state index in [1.807, 2.05) is 64.1 Å². The summed E-state index contributed by atoms with van der Waals surface area (Å²) in [6.45, 7) is 8.21. The summed E-state index contributed by atoms with van der Waals surface area (Å²) in [7, 11) is 0. The molecule has 0 unspecified atom stereocenters. The highest BCUT2D eigenvalue weighted by Crippen LogP contribution is 2.20. The number of carbonyl (C=O) groups excluding carboxylic acids is 1. The maximum Gasteiger partial charge on any atom is 0.321 e. The van der Waals surface area contributed by atoms with E-state index in [0.29, 0.717) is 0 Å². The third-order valence-corrected chi connectivity index (χ3v) is 3.78. The van der Waals surface area contributed by atoms with Crippen LogP contribution in [0.1, 0.15) is 22.3 Å². The van der Waals surface area contributed by atoms with Gasteiger partial charge in [0, 0.05) is 5.69 Å². The molecule has 2 aromatic carbocycles. The van der Waals surface area contributed by atoms with Gasteiger partial charge in [-0.15, -0.1) is 0 Å². The van der Waals surface area contributed by atoms with Crippen molar-refractivity contribution in [2.24, 2.45) is 0 Å². The maximum absolute atomic E-state index is 11.8. The van der Waals surface area contributed by atoms with E-state index in [1.165, 1.54) is 5.56 Å². The fraction of sp³-hybridized carbons (Fsp3) is 0.278. The Kier molecular flexibility index (Phi) is 5.04. The summed E-state index contributed by atoms with van der Waals surface area (Å²) in [5, 5.41) is 5.48. The first-order chi connectivity index (χ1) is 10.5. The molecule has 0 spiro atoms. The zero-order chi connectivity index (χ0) is 16.1. The molecule has 0 aliphatic heterocycles. The predicted molar refractivity (Wildman–Crippen MR) is 89.5 cm³/mol. The van der Waals surface area contributed by atoms with E-state index in [9.17, 15) is 4.79 Å². The Morgan fingerprint density at radius 3 is 2.50 bits per heavy atom. The van der Waals surface area contributed by atoms with Crippen LogP contribution in [-0.4, -0.2) is 12.8 Å². The summed E-state index contributed by atoms with van der Waals surface area (Å²) < 4.78 is 5.60. The molecule has 22 heavy (non-hydrogen) atoms. The second kappa shape index (κ2) is 6.98. The lowest BCUT2D eigenvalue weighted by Gasteiger charge is -2.12. The third kappa shape index (κ3) is 4.01. The summed E-state index contributed by atoms with van der Waals surface area (Å²) in [6.07, 6.45) is 0. The van der Waals surface area contributed by atoms with Gasteiger partial charge in [-0.3, -0.25) is 0 Å². The highest BCUT2D eigenvalue weighted by molar-refractivity contribution is 5.89. The molecular weight excluding hydrogens is 276 g/mol. The SMILES string of the molecule is Cc1ccc(NC(=O)NCOc2cccc(C)c2C)cc1C.